The topological polar surface area (TPSA) is 39.1 Å². The van der Waals surface area contributed by atoms with Crippen molar-refractivity contribution in [1.29, 1.82) is 5.41 Å². The summed E-state index contributed by atoms with van der Waals surface area (Å²) in [6.07, 6.45) is 6.60. The fourth-order valence-electron chi connectivity index (χ4n) is 3.35. The molecule has 1 saturated heterocycles. The Morgan fingerprint density at radius 1 is 1.23 bits per heavy atom. The Morgan fingerprint density at radius 3 is 2.42 bits per heavy atom. The predicted molar refractivity (Wildman–Crippen MR) is 117 cm³/mol. The van der Waals surface area contributed by atoms with Crippen molar-refractivity contribution in [3.05, 3.63) is 39.6 Å². The zero-order chi connectivity index (χ0) is 19.7. The lowest BCUT2D eigenvalue weighted by Crippen LogP contribution is -2.38. The number of hydrogen-bond donors (Lipinski definition) is 2. The number of piperidine rings is 1. The summed E-state index contributed by atoms with van der Waals surface area (Å²) in [5.74, 6) is 0.602. The SMILES string of the molecule is CCC.CCCC/C(NC)=C1\CCCN(c2c(C)cc(C)cc2Cl)C1=N. The number of anilines is 1. The van der Waals surface area contributed by atoms with Gasteiger partial charge in [0.1, 0.15) is 5.84 Å². The quantitative estimate of drug-likeness (QED) is 0.605. The van der Waals surface area contributed by atoms with E-state index in [0.717, 1.165) is 59.6 Å². The van der Waals surface area contributed by atoms with Gasteiger partial charge in [-0.1, -0.05) is 51.3 Å². The second kappa shape index (κ2) is 11.3. The van der Waals surface area contributed by atoms with E-state index in [1.165, 1.54) is 18.5 Å². The van der Waals surface area contributed by atoms with E-state index in [9.17, 15) is 0 Å². The van der Waals surface area contributed by atoms with Crippen molar-refractivity contribution in [3.8, 4) is 0 Å². The number of nitrogens with one attached hydrogen (secondary N) is 2. The lowest BCUT2D eigenvalue weighted by atomic mass is 9.97. The molecule has 0 atom stereocenters. The van der Waals surface area contributed by atoms with Crippen LogP contribution in [0.1, 0.15) is 70.4 Å². The third kappa shape index (κ3) is 5.77. The van der Waals surface area contributed by atoms with Gasteiger partial charge < -0.3 is 10.2 Å². The standard InChI is InChI=1S/C19H28ClN3.C3H8/c1-5-6-9-17(22-4)15-8-7-10-23(19(15)21)18-14(3)11-13(2)12-16(18)20;1-3-2/h11-12,21-22H,5-10H2,1-4H3;3H2,1-2H3/b17-15-,21-19?;. The van der Waals surface area contributed by atoms with E-state index in [1.807, 2.05) is 13.1 Å². The number of aryl methyl sites for hydroxylation is 2. The van der Waals surface area contributed by atoms with Crippen LogP contribution in [0.5, 0.6) is 0 Å². The number of nitrogens with zero attached hydrogens (tertiary/aromatic N) is 1. The first-order chi connectivity index (χ1) is 12.4. The van der Waals surface area contributed by atoms with Crippen LogP contribution in [0.4, 0.5) is 5.69 Å². The molecule has 1 aromatic carbocycles. The van der Waals surface area contributed by atoms with Crippen LogP contribution in [-0.2, 0) is 0 Å². The summed E-state index contributed by atoms with van der Waals surface area (Å²) in [5.41, 5.74) is 5.64. The van der Waals surface area contributed by atoms with Gasteiger partial charge in [0.15, 0.2) is 0 Å². The molecular weight excluding hydrogens is 342 g/mol. The second-order valence-electron chi connectivity index (χ2n) is 7.03. The van der Waals surface area contributed by atoms with Gasteiger partial charge in [0.05, 0.1) is 10.7 Å². The molecule has 2 rings (SSSR count). The first-order valence-electron chi connectivity index (χ1n) is 9.94. The van der Waals surface area contributed by atoms with Crippen LogP contribution < -0.4 is 10.2 Å². The number of halogens is 1. The highest BCUT2D eigenvalue weighted by atomic mass is 35.5. The molecule has 1 aliphatic rings. The van der Waals surface area contributed by atoms with Crippen molar-refractivity contribution >= 4 is 23.1 Å². The Kier molecular flexibility index (Phi) is 9.79. The maximum atomic E-state index is 8.73. The molecule has 0 spiro atoms. The van der Waals surface area contributed by atoms with E-state index in [0.29, 0.717) is 5.84 Å². The molecule has 1 aromatic rings. The molecular formula is C22H36ClN3. The molecule has 0 aromatic heterocycles. The van der Waals surface area contributed by atoms with E-state index >= 15 is 0 Å². The molecule has 1 fully saturated rings. The van der Waals surface area contributed by atoms with Crippen LogP contribution in [-0.4, -0.2) is 19.4 Å². The van der Waals surface area contributed by atoms with Gasteiger partial charge in [-0.15, -0.1) is 0 Å². The molecule has 0 radical (unpaired) electrons. The average molecular weight is 378 g/mol. The Bertz CT molecular complexity index is 611. The highest BCUT2D eigenvalue weighted by Crippen LogP contribution is 2.35. The van der Waals surface area contributed by atoms with E-state index in [1.54, 1.807) is 0 Å². The van der Waals surface area contributed by atoms with Gasteiger partial charge in [-0.05, 0) is 56.7 Å². The van der Waals surface area contributed by atoms with Gasteiger partial charge in [0, 0.05) is 24.9 Å². The fourth-order valence-corrected chi connectivity index (χ4v) is 3.78. The molecule has 26 heavy (non-hydrogen) atoms. The third-order valence-corrected chi connectivity index (χ3v) is 4.77. The number of benzene rings is 1. The largest absolute Gasteiger partial charge is 0.391 e. The minimum atomic E-state index is 0.602. The van der Waals surface area contributed by atoms with Crippen LogP contribution in [0.2, 0.25) is 5.02 Å². The number of hydrogen-bond acceptors (Lipinski definition) is 2. The normalized spacial score (nSPS) is 16.1. The Balaban J connectivity index is 0.00000105. The molecule has 0 unspecified atom stereocenters. The minimum Gasteiger partial charge on any atom is -0.391 e. The Labute approximate surface area is 165 Å². The van der Waals surface area contributed by atoms with Crippen molar-refractivity contribution in [1.82, 2.24) is 5.32 Å². The highest BCUT2D eigenvalue weighted by Gasteiger charge is 2.26. The van der Waals surface area contributed by atoms with Crippen LogP contribution in [0.3, 0.4) is 0 Å². The monoisotopic (exact) mass is 377 g/mol. The predicted octanol–water partition coefficient (Wildman–Crippen LogP) is 6.61. The summed E-state index contributed by atoms with van der Waals surface area (Å²) in [6.45, 7) is 11.4. The van der Waals surface area contributed by atoms with Crippen LogP contribution >= 0.6 is 11.6 Å². The van der Waals surface area contributed by atoms with E-state index in [4.69, 9.17) is 17.0 Å². The second-order valence-corrected chi connectivity index (χ2v) is 7.44. The van der Waals surface area contributed by atoms with Crippen molar-refractivity contribution in [2.75, 3.05) is 18.5 Å². The molecule has 146 valence electrons. The molecule has 0 amide bonds. The summed E-state index contributed by atoms with van der Waals surface area (Å²) in [6, 6.07) is 4.13. The first kappa shape index (κ1) is 22.6. The number of unbranched alkanes of at least 4 members (excludes halogenated alkanes) is 1. The van der Waals surface area contributed by atoms with Crippen LogP contribution in [0, 0.1) is 19.3 Å². The molecule has 3 nitrogen and oxygen atoms in total. The van der Waals surface area contributed by atoms with Gasteiger partial charge in [-0.25, -0.2) is 0 Å². The number of rotatable bonds is 5. The molecule has 4 heteroatoms. The van der Waals surface area contributed by atoms with Gasteiger partial charge >= 0.3 is 0 Å². The van der Waals surface area contributed by atoms with E-state index in [2.05, 4.69) is 50.9 Å². The van der Waals surface area contributed by atoms with Gasteiger partial charge in [0.2, 0.25) is 0 Å². The maximum absolute atomic E-state index is 8.73. The summed E-state index contributed by atoms with van der Waals surface area (Å²) >= 11 is 6.51. The van der Waals surface area contributed by atoms with Gasteiger partial charge in [-0.3, -0.25) is 5.41 Å². The smallest absolute Gasteiger partial charge is 0.130 e. The molecule has 0 bridgehead atoms. The van der Waals surface area contributed by atoms with Crippen molar-refractivity contribution in [2.45, 2.75) is 73.1 Å². The molecule has 0 aliphatic carbocycles. The summed E-state index contributed by atoms with van der Waals surface area (Å²) in [7, 11) is 1.97. The van der Waals surface area contributed by atoms with Crippen LogP contribution in [0.25, 0.3) is 0 Å². The number of amidine groups is 1. The Hall–Kier alpha value is -1.48. The minimum absolute atomic E-state index is 0.602. The lowest BCUT2D eigenvalue weighted by molar-refractivity contribution is 0.709. The zero-order valence-corrected chi connectivity index (χ0v) is 18.2. The molecule has 1 aliphatic heterocycles. The Morgan fingerprint density at radius 2 is 1.88 bits per heavy atom. The zero-order valence-electron chi connectivity index (χ0n) is 17.4. The molecule has 2 N–H and O–H groups in total. The first-order valence-corrected chi connectivity index (χ1v) is 10.3. The van der Waals surface area contributed by atoms with E-state index in [-0.39, 0.29) is 0 Å². The van der Waals surface area contributed by atoms with Crippen molar-refractivity contribution in [3.63, 3.8) is 0 Å². The summed E-state index contributed by atoms with van der Waals surface area (Å²) in [4.78, 5) is 2.08. The summed E-state index contributed by atoms with van der Waals surface area (Å²) in [5, 5.41) is 12.8. The molecule has 1 heterocycles. The fraction of sp³-hybridized carbons (Fsp3) is 0.591. The highest BCUT2D eigenvalue weighted by molar-refractivity contribution is 6.34. The van der Waals surface area contributed by atoms with Crippen molar-refractivity contribution in [2.24, 2.45) is 0 Å². The number of allylic oxidation sites excluding steroid dienone is 1. The van der Waals surface area contributed by atoms with Crippen LogP contribution in [0.15, 0.2) is 23.4 Å². The van der Waals surface area contributed by atoms with Crippen molar-refractivity contribution < 1.29 is 0 Å². The average Bonchev–Trinajstić information content (AvgIpc) is 2.58. The van der Waals surface area contributed by atoms with Gasteiger partial charge in [0.25, 0.3) is 0 Å². The van der Waals surface area contributed by atoms with E-state index < -0.39 is 0 Å². The van der Waals surface area contributed by atoms with Gasteiger partial charge in [-0.2, -0.15) is 0 Å². The summed E-state index contributed by atoms with van der Waals surface area (Å²) < 4.78 is 0. The maximum Gasteiger partial charge on any atom is 0.130 e. The lowest BCUT2D eigenvalue weighted by Gasteiger charge is -2.34. The third-order valence-electron chi connectivity index (χ3n) is 4.48. The molecule has 0 saturated carbocycles.